The number of thiophene rings is 1. The van der Waals surface area contributed by atoms with Crippen molar-refractivity contribution in [3.63, 3.8) is 0 Å². The second-order valence-corrected chi connectivity index (χ2v) is 7.67. The van der Waals surface area contributed by atoms with Gasteiger partial charge in [0.2, 0.25) is 0 Å². The summed E-state index contributed by atoms with van der Waals surface area (Å²) in [4.78, 5) is 16.7. The number of benzene rings is 2. The molecule has 0 bridgehead atoms. The molecule has 1 aromatic heterocycles. The minimum atomic E-state index is -4.38. The summed E-state index contributed by atoms with van der Waals surface area (Å²) in [5.41, 5.74) is -0.193. The Morgan fingerprint density at radius 2 is 1.68 bits per heavy atom. The molecule has 0 radical (unpaired) electrons. The number of halogens is 4. The third kappa shape index (κ3) is 3.56. The van der Waals surface area contributed by atoms with Gasteiger partial charge in [0.1, 0.15) is 5.82 Å². The van der Waals surface area contributed by atoms with Crippen LogP contribution < -0.4 is 4.90 Å². The highest BCUT2D eigenvalue weighted by atomic mass is 32.1. The summed E-state index contributed by atoms with van der Waals surface area (Å²) in [7, 11) is 0. The highest BCUT2D eigenvalue weighted by Gasteiger charge is 2.31. The first-order chi connectivity index (χ1) is 13.3. The topological polar surface area (TPSA) is 23.6 Å². The van der Waals surface area contributed by atoms with Gasteiger partial charge >= 0.3 is 6.18 Å². The lowest BCUT2D eigenvalue weighted by molar-refractivity contribution is -0.137. The van der Waals surface area contributed by atoms with E-state index in [1.165, 1.54) is 23.5 Å². The molecule has 0 saturated carbocycles. The summed E-state index contributed by atoms with van der Waals surface area (Å²) >= 11 is 1.25. The molecule has 0 spiro atoms. The number of carbonyl (C=O) groups excluding carboxylic acids is 1. The minimum absolute atomic E-state index is 0.177. The largest absolute Gasteiger partial charge is 0.416 e. The van der Waals surface area contributed by atoms with Crippen LogP contribution in [0.3, 0.4) is 0 Å². The maximum Gasteiger partial charge on any atom is 0.416 e. The summed E-state index contributed by atoms with van der Waals surface area (Å²) in [6.07, 6.45) is -4.38. The van der Waals surface area contributed by atoms with E-state index in [9.17, 15) is 22.4 Å². The summed E-state index contributed by atoms with van der Waals surface area (Å²) in [5, 5.41) is 0.429. The summed E-state index contributed by atoms with van der Waals surface area (Å²) in [6.45, 7) is 1.66. The molecule has 1 aliphatic heterocycles. The van der Waals surface area contributed by atoms with Gasteiger partial charge in [0.25, 0.3) is 5.91 Å². The SMILES string of the molecule is O=C(c1cc2c(F)cccc2s1)N1CCN(c2cccc(C(F)(F)F)c2)CC1. The summed E-state index contributed by atoms with van der Waals surface area (Å²) in [5.74, 6) is -0.536. The molecule has 3 aromatic rings. The van der Waals surface area contributed by atoms with Crippen molar-refractivity contribution in [2.45, 2.75) is 6.18 Å². The number of carbonyl (C=O) groups is 1. The first-order valence-corrected chi connectivity index (χ1v) is 9.54. The van der Waals surface area contributed by atoms with Crippen molar-refractivity contribution in [1.29, 1.82) is 0 Å². The van der Waals surface area contributed by atoms with Gasteiger partial charge in [-0.2, -0.15) is 13.2 Å². The van der Waals surface area contributed by atoms with Gasteiger partial charge in [0, 0.05) is 42.0 Å². The van der Waals surface area contributed by atoms with Gasteiger partial charge in [-0.1, -0.05) is 12.1 Å². The van der Waals surface area contributed by atoms with Crippen molar-refractivity contribution in [3.05, 3.63) is 64.8 Å². The Bertz CT molecular complexity index is 1020. The number of rotatable bonds is 2. The van der Waals surface area contributed by atoms with Crippen molar-refractivity contribution in [3.8, 4) is 0 Å². The quantitative estimate of drug-likeness (QED) is 0.556. The molecule has 146 valence electrons. The fraction of sp³-hybridized carbons (Fsp3) is 0.250. The number of piperazine rings is 1. The van der Waals surface area contributed by atoms with Gasteiger partial charge in [0.15, 0.2) is 0 Å². The zero-order valence-electron chi connectivity index (χ0n) is 14.7. The molecule has 1 aliphatic rings. The Labute approximate surface area is 162 Å². The summed E-state index contributed by atoms with van der Waals surface area (Å²) in [6, 6.07) is 11.5. The fourth-order valence-corrected chi connectivity index (χ4v) is 4.38. The van der Waals surface area contributed by atoms with Crippen LogP contribution in [-0.2, 0) is 6.18 Å². The Morgan fingerprint density at radius 1 is 0.964 bits per heavy atom. The molecule has 0 unspecified atom stereocenters. The lowest BCUT2D eigenvalue weighted by atomic mass is 10.1. The van der Waals surface area contributed by atoms with Crippen LogP contribution >= 0.6 is 11.3 Å². The molecule has 3 nitrogen and oxygen atoms in total. The Balaban J connectivity index is 1.46. The van der Waals surface area contributed by atoms with E-state index in [-0.39, 0.29) is 11.7 Å². The standard InChI is InChI=1S/C20H16F4N2OS/c21-16-5-2-6-17-15(16)12-18(28-17)19(27)26-9-7-25(8-10-26)14-4-1-3-13(11-14)20(22,23)24/h1-6,11-12H,7-10H2. The number of fused-ring (bicyclic) bond motifs is 1. The molecule has 2 aromatic carbocycles. The molecule has 1 saturated heterocycles. The molecule has 8 heteroatoms. The Morgan fingerprint density at radius 3 is 2.36 bits per heavy atom. The van der Waals surface area contributed by atoms with E-state index in [1.807, 2.05) is 4.90 Å². The average Bonchev–Trinajstić information content (AvgIpc) is 3.13. The predicted octanol–water partition coefficient (Wildman–Crippen LogP) is 5.02. The number of nitrogens with zero attached hydrogens (tertiary/aromatic N) is 2. The maximum atomic E-state index is 13.9. The highest BCUT2D eigenvalue weighted by molar-refractivity contribution is 7.20. The Hall–Kier alpha value is -2.61. The lowest BCUT2D eigenvalue weighted by Crippen LogP contribution is -2.48. The second kappa shape index (κ2) is 7.09. The Kier molecular flexibility index (Phi) is 4.74. The van der Waals surface area contributed by atoms with Crippen LogP contribution in [0.5, 0.6) is 0 Å². The van der Waals surface area contributed by atoms with Crippen LogP contribution in [0.2, 0.25) is 0 Å². The van der Waals surface area contributed by atoms with Crippen molar-refractivity contribution in [2.24, 2.45) is 0 Å². The van der Waals surface area contributed by atoms with Crippen LogP contribution in [0, 0.1) is 5.82 Å². The molecule has 0 aliphatic carbocycles. The van der Waals surface area contributed by atoms with E-state index in [0.29, 0.717) is 46.8 Å². The van der Waals surface area contributed by atoms with Gasteiger partial charge in [-0.3, -0.25) is 4.79 Å². The van der Waals surface area contributed by atoms with E-state index in [0.717, 1.165) is 12.1 Å². The number of amides is 1. The van der Waals surface area contributed by atoms with E-state index in [2.05, 4.69) is 0 Å². The zero-order valence-corrected chi connectivity index (χ0v) is 15.5. The van der Waals surface area contributed by atoms with Gasteiger partial charge in [-0.25, -0.2) is 4.39 Å². The number of anilines is 1. The maximum absolute atomic E-state index is 13.9. The van der Waals surface area contributed by atoms with Crippen LogP contribution in [0.1, 0.15) is 15.2 Å². The first kappa shape index (κ1) is 18.7. The molecule has 0 N–H and O–H groups in total. The highest BCUT2D eigenvalue weighted by Crippen LogP contribution is 2.32. The third-order valence-corrected chi connectivity index (χ3v) is 5.91. The summed E-state index contributed by atoms with van der Waals surface area (Å²) < 4.78 is 53.3. The second-order valence-electron chi connectivity index (χ2n) is 6.59. The van der Waals surface area contributed by atoms with Gasteiger partial charge in [-0.05, 0) is 36.4 Å². The normalized spacial score (nSPS) is 15.3. The third-order valence-electron chi connectivity index (χ3n) is 4.82. The minimum Gasteiger partial charge on any atom is -0.368 e. The van der Waals surface area contributed by atoms with Crippen molar-refractivity contribution in [1.82, 2.24) is 4.90 Å². The fourth-order valence-electron chi connectivity index (χ4n) is 3.33. The lowest BCUT2D eigenvalue weighted by Gasteiger charge is -2.36. The zero-order chi connectivity index (χ0) is 19.9. The number of hydrogen-bond acceptors (Lipinski definition) is 3. The van der Waals surface area contributed by atoms with Crippen LogP contribution in [0.4, 0.5) is 23.2 Å². The molecular weight excluding hydrogens is 392 g/mol. The van der Waals surface area contributed by atoms with E-state index < -0.39 is 11.7 Å². The molecule has 0 atom stereocenters. The molecule has 1 fully saturated rings. The van der Waals surface area contributed by atoms with Crippen molar-refractivity contribution in [2.75, 3.05) is 31.1 Å². The monoisotopic (exact) mass is 408 g/mol. The number of hydrogen-bond donors (Lipinski definition) is 0. The van der Waals surface area contributed by atoms with Gasteiger partial charge in [-0.15, -0.1) is 11.3 Å². The number of alkyl halides is 3. The van der Waals surface area contributed by atoms with Gasteiger partial charge < -0.3 is 9.80 Å². The average molecular weight is 408 g/mol. The molecular formula is C20H16F4N2OS. The van der Waals surface area contributed by atoms with Crippen LogP contribution in [-0.4, -0.2) is 37.0 Å². The molecule has 28 heavy (non-hydrogen) atoms. The van der Waals surface area contributed by atoms with Crippen molar-refractivity contribution < 1.29 is 22.4 Å². The molecule has 1 amide bonds. The van der Waals surface area contributed by atoms with Gasteiger partial charge in [0.05, 0.1) is 10.4 Å². The van der Waals surface area contributed by atoms with E-state index >= 15 is 0 Å². The predicted molar refractivity (Wildman–Crippen MR) is 101 cm³/mol. The molecule has 2 heterocycles. The smallest absolute Gasteiger partial charge is 0.368 e. The van der Waals surface area contributed by atoms with Crippen molar-refractivity contribution >= 4 is 33.0 Å². The van der Waals surface area contributed by atoms with E-state index in [1.54, 1.807) is 29.2 Å². The van der Waals surface area contributed by atoms with Crippen LogP contribution in [0.15, 0.2) is 48.5 Å². The van der Waals surface area contributed by atoms with Crippen LogP contribution in [0.25, 0.3) is 10.1 Å². The first-order valence-electron chi connectivity index (χ1n) is 8.72. The van der Waals surface area contributed by atoms with E-state index in [4.69, 9.17) is 0 Å². The molecule has 4 rings (SSSR count).